The molecule has 24 heavy (non-hydrogen) atoms. The molecule has 0 fully saturated rings. The van der Waals surface area contributed by atoms with Crippen molar-refractivity contribution in [2.45, 2.75) is 25.7 Å². The Hall–Kier alpha value is -1.39. The number of hydrogen-bond acceptors (Lipinski definition) is 2. The third-order valence-corrected chi connectivity index (χ3v) is 7.12. The van der Waals surface area contributed by atoms with E-state index in [4.69, 9.17) is 0 Å². The van der Waals surface area contributed by atoms with Gasteiger partial charge >= 0.3 is 0 Å². The summed E-state index contributed by atoms with van der Waals surface area (Å²) in [5, 5.41) is 1.37. The second-order valence-electron chi connectivity index (χ2n) is 6.92. The number of aromatic nitrogens is 1. The van der Waals surface area contributed by atoms with Gasteiger partial charge in [-0.05, 0) is 61.1 Å². The van der Waals surface area contributed by atoms with E-state index in [1.165, 1.54) is 59.6 Å². The van der Waals surface area contributed by atoms with Crippen LogP contribution in [0.15, 0.2) is 34.8 Å². The van der Waals surface area contributed by atoms with Crippen LogP contribution in [-0.4, -0.2) is 13.1 Å². The summed E-state index contributed by atoms with van der Waals surface area (Å²) >= 11 is 5.50. The number of anilines is 1. The fraction of sp³-hybridized carbons (Fsp3) is 0.350. The Morgan fingerprint density at radius 1 is 1.04 bits per heavy atom. The molecule has 0 N–H and O–H groups in total. The second kappa shape index (κ2) is 5.57. The molecule has 122 valence electrons. The molecule has 2 aromatic carbocycles. The van der Waals surface area contributed by atoms with Crippen molar-refractivity contribution in [1.82, 2.24) is 0 Å². The average molecular weight is 400 g/mol. The summed E-state index contributed by atoms with van der Waals surface area (Å²) in [5.41, 5.74) is 7.39. The van der Waals surface area contributed by atoms with Gasteiger partial charge in [0, 0.05) is 29.3 Å². The first-order valence-electron chi connectivity index (χ1n) is 8.70. The Bertz CT molecular complexity index is 929. The average Bonchev–Trinajstić information content (AvgIpc) is 2.91. The molecule has 3 aromatic rings. The number of hydrogen-bond donors (Lipinski definition) is 0. The molecular weight excluding hydrogens is 380 g/mol. The molecule has 0 bridgehead atoms. The van der Waals surface area contributed by atoms with Gasteiger partial charge in [0.05, 0.1) is 5.56 Å². The maximum atomic E-state index is 3.60. The van der Waals surface area contributed by atoms with E-state index >= 15 is 0 Å². The zero-order chi connectivity index (χ0) is 16.3. The molecular formula is C20H20BrN2S+. The number of thiazole rings is 1. The number of fused-ring (bicyclic) bond motifs is 1. The summed E-state index contributed by atoms with van der Waals surface area (Å²) in [6.07, 6.45) is 5.04. The van der Waals surface area contributed by atoms with Crippen LogP contribution >= 0.6 is 27.3 Å². The quantitative estimate of drug-likeness (QED) is 0.530. The van der Waals surface area contributed by atoms with Gasteiger partial charge in [-0.1, -0.05) is 27.3 Å². The lowest BCUT2D eigenvalue weighted by Gasteiger charge is -2.37. The summed E-state index contributed by atoms with van der Waals surface area (Å²) in [6.45, 7) is 2.48. The van der Waals surface area contributed by atoms with E-state index in [2.05, 4.69) is 62.8 Å². The largest absolute Gasteiger partial charge is 0.371 e. The van der Waals surface area contributed by atoms with Crippen LogP contribution in [0.2, 0.25) is 0 Å². The van der Waals surface area contributed by atoms with Crippen LogP contribution < -0.4 is 9.47 Å². The van der Waals surface area contributed by atoms with Crippen LogP contribution in [0.1, 0.15) is 24.0 Å². The summed E-state index contributed by atoms with van der Waals surface area (Å²) in [7, 11) is 2.19. The molecule has 0 radical (unpaired) electrons. The highest BCUT2D eigenvalue weighted by Crippen LogP contribution is 2.39. The van der Waals surface area contributed by atoms with Gasteiger partial charge in [0.25, 0.3) is 5.01 Å². The third kappa shape index (κ3) is 2.23. The minimum atomic E-state index is 1.15. The molecule has 2 aliphatic heterocycles. The van der Waals surface area contributed by atoms with E-state index < -0.39 is 0 Å². The Morgan fingerprint density at radius 2 is 1.75 bits per heavy atom. The molecule has 2 aliphatic rings. The molecule has 4 heteroatoms. The summed E-state index contributed by atoms with van der Waals surface area (Å²) in [6, 6.07) is 11.5. The Morgan fingerprint density at radius 3 is 2.46 bits per heavy atom. The SMILES string of the molecule is C[n+]1c(-c2cc3c4c(c2)CCCN4CCC3)sc2cc(Br)ccc21. The summed E-state index contributed by atoms with van der Waals surface area (Å²) < 4.78 is 4.85. The lowest BCUT2D eigenvalue weighted by molar-refractivity contribution is -0.629. The van der Waals surface area contributed by atoms with Crippen molar-refractivity contribution >= 4 is 43.2 Å². The molecule has 0 atom stereocenters. The Labute approximate surface area is 154 Å². The standard InChI is InChI=1S/C20H20BrN2S/c1-22-17-7-6-16(21)12-18(17)24-20(22)15-10-13-4-2-8-23-9-3-5-14(11-15)19(13)23/h6-7,10-12H,2-5,8-9H2,1H3/q+1. The molecule has 0 unspecified atom stereocenters. The van der Waals surface area contributed by atoms with Gasteiger partial charge in [-0.2, -0.15) is 4.57 Å². The van der Waals surface area contributed by atoms with E-state index in [-0.39, 0.29) is 0 Å². The highest BCUT2D eigenvalue weighted by molar-refractivity contribution is 9.10. The van der Waals surface area contributed by atoms with E-state index in [0.717, 1.165) is 4.47 Å². The van der Waals surface area contributed by atoms with Gasteiger partial charge in [-0.15, -0.1) is 0 Å². The predicted octanol–water partition coefficient (Wildman–Crippen LogP) is 4.85. The van der Waals surface area contributed by atoms with Crippen molar-refractivity contribution < 1.29 is 4.57 Å². The number of nitrogens with zero attached hydrogens (tertiary/aromatic N) is 2. The fourth-order valence-electron chi connectivity index (χ4n) is 4.31. The molecule has 0 saturated carbocycles. The first-order valence-corrected chi connectivity index (χ1v) is 10.3. The number of rotatable bonds is 1. The van der Waals surface area contributed by atoms with Crippen molar-refractivity contribution in [1.29, 1.82) is 0 Å². The Kier molecular flexibility index (Phi) is 3.46. The third-order valence-electron chi connectivity index (χ3n) is 5.37. The van der Waals surface area contributed by atoms with E-state index in [9.17, 15) is 0 Å². The molecule has 2 nitrogen and oxygen atoms in total. The molecule has 0 spiro atoms. The van der Waals surface area contributed by atoms with Crippen molar-refractivity contribution in [3.8, 4) is 10.6 Å². The van der Waals surface area contributed by atoms with Gasteiger partial charge in [-0.25, -0.2) is 0 Å². The van der Waals surface area contributed by atoms with Crippen molar-refractivity contribution in [3.63, 3.8) is 0 Å². The molecule has 3 heterocycles. The molecule has 0 aliphatic carbocycles. The van der Waals surface area contributed by atoms with Crippen LogP contribution in [0.25, 0.3) is 20.8 Å². The maximum absolute atomic E-state index is 3.60. The van der Waals surface area contributed by atoms with Gasteiger partial charge in [0.2, 0.25) is 5.52 Å². The molecule has 0 saturated heterocycles. The minimum Gasteiger partial charge on any atom is -0.371 e. The van der Waals surface area contributed by atoms with Crippen molar-refractivity contribution in [2.75, 3.05) is 18.0 Å². The highest BCUT2D eigenvalue weighted by Gasteiger charge is 2.27. The van der Waals surface area contributed by atoms with Gasteiger partial charge in [-0.3, -0.25) is 0 Å². The zero-order valence-electron chi connectivity index (χ0n) is 13.8. The number of aryl methyl sites for hydroxylation is 3. The van der Waals surface area contributed by atoms with E-state index in [0.29, 0.717) is 0 Å². The highest BCUT2D eigenvalue weighted by atomic mass is 79.9. The van der Waals surface area contributed by atoms with Gasteiger partial charge < -0.3 is 4.90 Å². The van der Waals surface area contributed by atoms with Crippen molar-refractivity contribution in [2.24, 2.45) is 7.05 Å². The molecule has 5 rings (SSSR count). The van der Waals surface area contributed by atoms with Crippen molar-refractivity contribution in [3.05, 3.63) is 45.9 Å². The maximum Gasteiger partial charge on any atom is 0.269 e. The van der Waals surface area contributed by atoms with Gasteiger partial charge in [0.15, 0.2) is 0 Å². The lowest BCUT2D eigenvalue weighted by atomic mass is 9.90. The normalized spacial score (nSPS) is 16.5. The van der Waals surface area contributed by atoms with Crippen LogP contribution in [0.5, 0.6) is 0 Å². The smallest absolute Gasteiger partial charge is 0.269 e. The first kappa shape index (κ1) is 14.9. The number of benzene rings is 2. The van der Waals surface area contributed by atoms with E-state index in [1.807, 2.05) is 11.3 Å². The predicted molar refractivity (Wildman–Crippen MR) is 105 cm³/mol. The Balaban J connectivity index is 1.72. The van der Waals surface area contributed by atoms with Crippen LogP contribution in [0.4, 0.5) is 5.69 Å². The second-order valence-corrected chi connectivity index (χ2v) is 8.86. The molecule has 1 aromatic heterocycles. The molecule has 0 amide bonds. The van der Waals surface area contributed by atoms with Crippen LogP contribution in [0.3, 0.4) is 0 Å². The topological polar surface area (TPSA) is 7.12 Å². The summed E-state index contributed by atoms with van der Waals surface area (Å²) in [4.78, 5) is 2.61. The van der Waals surface area contributed by atoms with E-state index in [1.54, 1.807) is 16.8 Å². The van der Waals surface area contributed by atoms with Gasteiger partial charge in [0.1, 0.15) is 11.7 Å². The summed E-state index contributed by atoms with van der Waals surface area (Å²) in [5.74, 6) is 0. The fourth-order valence-corrected chi connectivity index (χ4v) is 6.00. The van der Waals surface area contributed by atoms with Crippen LogP contribution in [-0.2, 0) is 19.9 Å². The lowest BCUT2D eigenvalue weighted by Crippen LogP contribution is -2.34. The monoisotopic (exact) mass is 399 g/mol. The zero-order valence-corrected chi connectivity index (χ0v) is 16.2. The first-order chi connectivity index (χ1) is 11.7. The number of halogens is 1. The minimum absolute atomic E-state index is 1.15. The van der Waals surface area contributed by atoms with Crippen LogP contribution in [0, 0.1) is 0 Å².